The average Bonchev–Trinajstić information content (AvgIpc) is 2.15. The largest absolute Gasteiger partial charge is 0.395 e. The number of hydrogen-bond acceptors (Lipinski definition) is 2. The summed E-state index contributed by atoms with van der Waals surface area (Å²) in [6.07, 6.45) is 3.48. The van der Waals surface area contributed by atoms with Crippen LogP contribution in [0, 0.1) is 0 Å². The maximum atomic E-state index is 9.31. The number of hydrogen-bond donors (Lipinski definition) is 1. The van der Waals surface area contributed by atoms with Gasteiger partial charge >= 0.3 is 0 Å². The first kappa shape index (κ1) is 10.3. The fourth-order valence-electron chi connectivity index (χ4n) is 1.62. The molecule has 1 aliphatic carbocycles. The molecule has 1 nitrogen and oxygen atoms in total. The molecule has 0 aromatic heterocycles. The Morgan fingerprint density at radius 3 is 2.36 bits per heavy atom. The van der Waals surface area contributed by atoms with E-state index in [4.69, 9.17) is 11.6 Å². The van der Waals surface area contributed by atoms with Gasteiger partial charge in [-0.1, -0.05) is 18.0 Å². The topological polar surface area (TPSA) is 20.2 Å². The van der Waals surface area contributed by atoms with Crippen molar-refractivity contribution in [2.24, 2.45) is 0 Å². The first-order valence-corrected chi connectivity index (χ1v) is 5.99. The molecule has 1 saturated carbocycles. The Kier molecular flexibility index (Phi) is 3.05. The highest BCUT2D eigenvalue weighted by Gasteiger charge is 2.37. The van der Waals surface area contributed by atoms with E-state index in [1.165, 1.54) is 11.3 Å². The zero-order chi connectivity index (χ0) is 10.0. The molecule has 0 saturated heterocycles. The van der Waals surface area contributed by atoms with E-state index in [2.05, 4.69) is 0 Å². The summed E-state index contributed by atoms with van der Waals surface area (Å²) in [5, 5.41) is 10.1. The van der Waals surface area contributed by atoms with Gasteiger partial charge in [-0.2, -0.15) is 0 Å². The first-order valence-electron chi connectivity index (χ1n) is 4.80. The Hall–Kier alpha value is -0.180. The lowest BCUT2D eigenvalue weighted by Gasteiger charge is -2.39. The van der Waals surface area contributed by atoms with Crippen LogP contribution >= 0.6 is 23.4 Å². The second-order valence-corrected chi connectivity index (χ2v) is 5.73. The summed E-state index contributed by atoms with van der Waals surface area (Å²) in [6, 6.07) is 7.83. The highest BCUT2D eigenvalue weighted by molar-refractivity contribution is 8.00. The molecule has 1 aromatic carbocycles. The number of benzene rings is 1. The van der Waals surface area contributed by atoms with Gasteiger partial charge in [0.1, 0.15) is 0 Å². The summed E-state index contributed by atoms with van der Waals surface area (Å²) in [5.74, 6) is 0. The molecule has 2 rings (SSSR count). The monoisotopic (exact) mass is 228 g/mol. The molecule has 1 aliphatic rings. The quantitative estimate of drug-likeness (QED) is 0.856. The lowest BCUT2D eigenvalue weighted by atomic mass is 9.85. The molecule has 14 heavy (non-hydrogen) atoms. The van der Waals surface area contributed by atoms with E-state index in [1.54, 1.807) is 11.8 Å². The highest BCUT2D eigenvalue weighted by Crippen LogP contribution is 2.47. The Labute approximate surface area is 93.5 Å². The molecule has 0 spiro atoms. The minimum atomic E-state index is 0.0911. The number of halogens is 1. The van der Waals surface area contributed by atoms with Gasteiger partial charge in [0.25, 0.3) is 0 Å². The molecular weight excluding hydrogens is 216 g/mol. The Bertz CT molecular complexity index is 300. The molecule has 1 aromatic rings. The Morgan fingerprint density at radius 1 is 1.29 bits per heavy atom. The molecule has 0 heterocycles. The van der Waals surface area contributed by atoms with Gasteiger partial charge in [0.15, 0.2) is 0 Å². The second-order valence-electron chi connectivity index (χ2n) is 3.75. The molecule has 0 amide bonds. The van der Waals surface area contributed by atoms with Crippen molar-refractivity contribution in [3.63, 3.8) is 0 Å². The third-order valence-corrected chi connectivity index (χ3v) is 4.43. The van der Waals surface area contributed by atoms with Gasteiger partial charge in [-0.05, 0) is 37.1 Å². The predicted molar refractivity (Wildman–Crippen MR) is 61.0 cm³/mol. The number of aliphatic hydroxyl groups is 1. The van der Waals surface area contributed by atoms with Gasteiger partial charge in [-0.3, -0.25) is 0 Å². The van der Waals surface area contributed by atoms with Crippen molar-refractivity contribution < 1.29 is 5.11 Å². The molecule has 76 valence electrons. The van der Waals surface area contributed by atoms with Gasteiger partial charge in [-0.15, -0.1) is 11.8 Å². The maximum Gasteiger partial charge on any atom is 0.0581 e. The fourth-order valence-corrected chi connectivity index (χ4v) is 3.07. The predicted octanol–water partition coefficient (Wildman–Crippen LogP) is 3.35. The van der Waals surface area contributed by atoms with Crippen molar-refractivity contribution in [2.45, 2.75) is 28.9 Å². The van der Waals surface area contributed by atoms with Crippen LogP contribution in [0.2, 0.25) is 5.02 Å². The molecule has 0 radical (unpaired) electrons. The van der Waals surface area contributed by atoms with Gasteiger partial charge in [-0.25, -0.2) is 0 Å². The van der Waals surface area contributed by atoms with E-state index in [0.29, 0.717) is 0 Å². The minimum absolute atomic E-state index is 0.0911. The van der Waals surface area contributed by atoms with Crippen LogP contribution in [-0.4, -0.2) is 16.5 Å². The summed E-state index contributed by atoms with van der Waals surface area (Å²) in [6.45, 7) is 0.278. The highest BCUT2D eigenvalue weighted by atomic mass is 35.5. The van der Waals surface area contributed by atoms with Crippen LogP contribution in [0.15, 0.2) is 29.2 Å². The molecular formula is C11H13ClOS. The summed E-state index contributed by atoms with van der Waals surface area (Å²) in [5.41, 5.74) is 0. The lowest BCUT2D eigenvalue weighted by Crippen LogP contribution is -2.37. The van der Waals surface area contributed by atoms with Crippen molar-refractivity contribution >= 4 is 23.4 Å². The lowest BCUT2D eigenvalue weighted by molar-refractivity contribution is 0.191. The summed E-state index contributed by atoms with van der Waals surface area (Å²) in [7, 11) is 0. The van der Waals surface area contributed by atoms with E-state index in [-0.39, 0.29) is 11.4 Å². The number of rotatable bonds is 3. The van der Waals surface area contributed by atoms with E-state index in [1.807, 2.05) is 24.3 Å². The molecule has 1 fully saturated rings. The molecule has 0 aliphatic heterocycles. The maximum absolute atomic E-state index is 9.31. The van der Waals surface area contributed by atoms with Crippen molar-refractivity contribution in [2.75, 3.05) is 6.61 Å². The number of thioether (sulfide) groups is 1. The molecule has 1 N–H and O–H groups in total. The van der Waals surface area contributed by atoms with E-state index in [0.717, 1.165) is 17.9 Å². The third kappa shape index (κ3) is 2.08. The van der Waals surface area contributed by atoms with Gasteiger partial charge in [0.2, 0.25) is 0 Å². The van der Waals surface area contributed by atoms with Crippen LogP contribution in [0.25, 0.3) is 0 Å². The van der Waals surface area contributed by atoms with Crippen LogP contribution in [0.5, 0.6) is 0 Å². The zero-order valence-corrected chi connectivity index (χ0v) is 9.44. The normalized spacial score (nSPS) is 19.0. The van der Waals surface area contributed by atoms with Crippen LogP contribution in [0.1, 0.15) is 19.3 Å². The first-order chi connectivity index (χ1) is 6.74. The summed E-state index contributed by atoms with van der Waals surface area (Å²) in [4.78, 5) is 1.20. The molecule has 0 atom stereocenters. The van der Waals surface area contributed by atoms with Crippen molar-refractivity contribution in [3.8, 4) is 0 Å². The van der Waals surface area contributed by atoms with Crippen LogP contribution in [-0.2, 0) is 0 Å². The zero-order valence-electron chi connectivity index (χ0n) is 7.87. The van der Waals surface area contributed by atoms with Gasteiger partial charge < -0.3 is 5.11 Å². The van der Waals surface area contributed by atoms with Crippen molar-refractivity contribution in [1.29, 1.82) is 0 Å². The summed E-state index contributed by atoms with van der Waals surface area (Å²) >= 11 is 7.58. The van der Waals surface area contributed by atoms with Crippen molar-refractivity contribution in [1.82, 2.24) is 0 Å². The van der Waals surface area contributed by atoms with Gasteiger partial charge in [0.05, 0.1) is 6.61 Å². The van der Waals surface area contributed by atoms with Crippen LogP contribution < -0.4 is 0 Å². The van der Waals surface area contributed by atoms with Crippen molar-refractivity contribution in [3.05, 3.63) is 29.3 Å². The summed E-state index contributed by atoms with van der Waals surface area (Å²) < 4.78 is 0.0911. The Balaban J connectivity index is 2.06. The standard InChI is InChI=1S/C11H13ClOS/c12-9-2-4-10(5-3-9)14-11(8-13)6-1-7-11/h2-5,13H,1,6-8H2. The molecule has 3 heteroatoms. The smallest absolute Gasteiger partial charge is 0.0581 e. The molecule has 0 unspecified atom stereocenters. The molecule has 0 bridgehead atoms. The van der Waals surface area contributed by atoms with Gasteiger partial charge in [0, 0.05) is 14.7 Å². The van der Waals surface area contributed by atoms with Crippen LogP contribution in [0.3, 0.4) is 0 Å². The SMILES string of the molecule is OCC1(Sc2ccc(Cl)cc2)CCC1. The van der Waals surface area contributed by atoms with Crippen LogP contribution in [0.4, 0.5) is 0 Å². The average molecular weight is 229 g/mol. The van der Waals surface area contributed by atoms with E-state index in [9.17, 15) is 5.11 Å². The minimum Gasteiger partial charge on any atom is -0.395 e. The van der Waals surface area contributed by atoms with E-state index < -0.39 is 0 Å². The fraction of sp³-hybridized carbons (Fsp3) is 0.455. The van der Waals surface area contributed by atoms with E-state index >= 15 is 0 Å². The second kappa shape index (κ2) is 4.13. The third-order valence-electron chi connectivity index (χ3n) is 2.70. The number of aliphatic hydroxyl groups excluding tert-OH is 1. The Morgan fingerprint density at radius 2 is 1.93 bits per heavy atom.